The normalized spacial score (nSPS) is 13.4. The molecule has 0 amide bonds. The zero-order valence-electron chi connectivity index (χ0n) is 10.2. The van der Waals surface area contributed by atoms with Gasteiger partial charge >= 0.3 is 10.4 Å². The van der Waals surface area contributed by atoms with Crippen molar-refractivity contribution in [1.29, 1.82) is 0 Å². The van der Waals surface area contributed by atoms with Gasteiger partial charge in [-0.05, 0) is 12.8 Å². The Bertz CT molecular complexity index is 331. The lowest BCUT2D eigenvalue weighted by atomic mass is 10.2. The van der Waals surface area contributed by atoms with Gasteiger partial charge in [-0.15, -0.1) is 26.3 Å². The van der Waals surface area contributed by atoms with Crippen molar-refractivity contribution in [2.24, 2.45) is 0 Å². The quantitative estimate of drug-likeness (QED) is 0.526. The van der Waals surface area contributed by atoms with Gasteiger partial charge in [-0.25, -0.2) is 0 Å². The van der Waals surface area contributed by atoms with Crippen LogP contribution in [0.5, 0.6) is 0 Å². The first-order valence-corrected chi connectivity index (χ1v) is 6.50. The van der Waals surface area contributed by atoms with Crippen LogP contribution in [0, 0.1) is 0 Å². The van der Waals surface area contributed by atoms with Crippen LogP contribution in [-0.2, 0) is 15.1 Å². The van der Waals surface area contributed by atoms with Gasteiger partial charge < -0.3 is 4.74 Å². The van der Waals surface area contributed by atoms with Crippen LogP contribution in [0.3, 0.4) is 0 Å². The minimum Gasteiger partial charge on any atom is -0.366 e. The lowest BCUT2D eigenvalue weighted by Crippen LogP contribution is -2.17. The van der Waals surface area contributed by atoms with Crippen molar-refractivity contribution >= 4 is 10.4 Å². The van der Waals surface area contributed by atoms with Gasteiger partial charge in [0.25, 0.3) is 0 Å². The number of hydrogen-bond acceptors (Lipinski definition) is 3. The fourth-order valence-corrected chi connectivity index (χ4v) is 0.968. The molecule has 6 heteroatoms. The maximum Gasteiger partial charge on any atom is 0.394 e. The predicted molar refractivity (Wildman–Crippen MR) is 72.9 cm³/mol. The van der Waals surface area contributed by atoms with Crippen LogP contribution in [-0.4, -0.2) is 29.7 Å². The standard InChI is InChI=1S/C12H18O.H2O4S/c1-5-9-11(7-3)13-12(8-4)10-6-2;1-5(2,3)4/h5-8,11-12H,1-4,9-10H2;(H2,1,2,3,4). The molecular formula is C12H20O5S. The Hall–Kier alpha value is -1.21. The second kappa shape index (κ2) is 10.9. The summed E-state index contributed by atoms with van der Waals surface area (Å²) in [7, 11) is -4.67. The van der Waals surface area contributed by atoms with E-state index in [0.717, 1.165) is 12.8 Å². The molecule has 0 spiro atoms. The molecule has 0 saturated heterocycles. The highest BCUT2D eigenvalue weighted by atomic mass is 32.3. The summed E-state index contributed by atoms with van der Waals surface area (Å²) >= 11 is 0. The minimum atomic E-state index is -4.67. The Morgan fingerprint density at radius 2 is 1.22 bits per heavy atom. The van der Waals surface area contributed by atoms with E-state index >= 15 is 0 Å². The van der Waals surface area contributed by atoms with Crippen molar-refractivity contribution in [3.63, 3.8) is 0 Å². The average molecular weight is 276 g/mol. The van der Waals surface area contributed by atoms with Gasteiger partial charge in [0.1, 0.15) is 0 Å². The minimum absolute atomic E-state index is 0.0282. The summed E-state index contributed by atoms with van der Waals surface area (Å²) < 4.78 is 37.2. The van der Waals surface area contributed by atoms with E-state index in [1.54, 1.807) is 12.2 Å². The molecule has 0 aliphatic rings. The van der Waals surface area contributed by atoms with Crippen molar-refractivity contribution in [3.8, 4) is 0 Å². The highest BCUT2D eigenvalue weighted by Gasteiger charge is 2.08. The molecule has 0 aliphatic heterocycles. The van der Waals surface area contributed by atoms with Crippen molar-refractivity contribution in [1.82, 2.24) is 0 Å². The zero-order valence-corrected chi connectivity index (χ0v) is 11.1. The molecule has 2 N–H and O–H groups in total. The molecule has 0 aliphatic carbocycles. The summed E-state index contributed by atoms with van der Waals surface area (Å²) in [4.78, 5) is 0. The van der Waals surface area contributed by atoms with Gasteiger partial charge in [0.2, 0.25) is 0 Å². The number of rotatable bonds is 8. The first-order valence-electron chi connectivity index (χ1n) is 5.10. The summed E-state index contributed by atoms with van der Waals surface area (Å²) in [6, 6.07) is 0. The van der Waals surface area contributed by atoms with Gasteiger partial charge in [-0.1, -0.05) is 24.3 Å². The van der Waals surface area contributed by atoms with E-state index in [9.17, 15) is 0 Å². The summed E-state index contributed by atoms with van der Waals surface area (Å²) in [6.07, 6.45) is 8.82. The molecule has 0 heterocycles. The monoisotopic (exact) mass is 276 g/mol. The van der Waals surface area contributed by atoms with Crippen LogP contribution in [0.25, 0.3) is 0 Å². The SMILES string of the molecule is C=CCC(C=C)OC(C=C)CC=C.O=S(=O)(O)O. The Kier molecular flexibility index (Phi) is 11.6. The van der Waals surface area contributed by atoms with E-state index < -0.39 is 10.4 Å². The van der Waals surface area contributed by atoms with Crippen LogP contribution in [0.15, 0.2) is 50.6 Å². The molecule has 0 saturated carbocycles. The fraction of sp³-hybridized carbons (Fsp3) is 0.333. The lowest BCUT2D eigenvalue weighted by Gasteiger charge is -2.17. The van der Waals surface area contributed by atoms with Crippen molar-refractivity contribution in [2.45, 2.75) is 25.0 Å². The van der Waals surface area contributed by atoms with Crippen LogP contribution in [0.1, 0.15) is 12.8 Å². The molecule has 104 valence electrons. The van der Waals surface area contributed by atoms with Crippen LogP contribution >= 0.6 is 0 Å². The molecule has 0 radical (unpaired) electrons. The van der Waals surface area contributed by atoms with Crippen molar-refractivity contribution in [2.75, 3.05) is 0 Å². The maximum atomic E-state index is 8.74. The van der Waals surface area contributed by atoms with Gasteiger partial charge in [0.05, 0.1) is 12.2 Å². The molecule has 0 bridgehead atoms. The Balaban J connectivity index is 0. The summed E-state index contributed by atoms with van der Waals surface area (Å²) in [6.45, 7) is 14.7. The van der Waals surface area contributed by atoms with Gasteiger partial charge in [0, 0.05) is 0 Å². The third-order valence-corrected chi connectivity index (χ3v) is 1.67. The Morgan fingerprint density at radius 3 is 1.39 bits per heavy atom. The molecule has 0 aromatic rings. The third kappa shape index (κ3) is 17.2. The van der Waals surface area contributed by atoms with Gasteiger partial charge in [0.15, 0.2) is 0 Å². The van der Waals surface area contributed by atoms with E-state index in [-0.39, 0.29) is 12.2 Å². The first-order chi connectivity index (χ1) is 8.28. The third-order valence-electron chi connectivity index (χ3n) is 1.67. The van der Waals surface area contributed by atoms with Crippen LogP contribution in [0.2, 0.25) is 0 Å². The Morgan fingerprint density at radius 1 is 0.944 bits per heavy atom. The highest BCUT2D eigenvalue weighted by Crippen LogP contribution is 2.09. The van der Waals surface area contributed by atoms with E-state index in [1.807, 2.05) is 12.2 Å². The van der Waals surface area contributed by atoms with E-state index in [2.05, 4.69) is 26.3 Å². The van der Waals surface area contributed by atoms with Crippen molar-refractivity contribution < 1.29 is 22.3 Å². The van der Waals surface area contributed by atoms with E-state index in [0.29, 0.717) is 0 Å². The van der Waals surface area contributed by atoms with Crippen LogP contribution < -0.4 is 0 Å². The number of ether oxygens (including phenoxy) is 1. The maximum absolute atomic E-state index is 8.74. The smallest absolute Gasteiger partial charge is 0.366 e. The summed E-state index contributed by atoms with van der Waals surface area (Å²) in [5.41, 5.74) is 0. The molecule has 0 aromatic carbocycles. The zero-order chi connectivity index (χ0) is 14.6. The van der Waals surface area contributed by atoms with E-state index in [1.165, 1.54) is 0 Å². The topological polar surface area (TPSA) is 83.8 Å². The van der Waals surface area contributed by atoms with Gasteiger partial charge in [-0.2, -0.15) is 8.42 Å². The first kappa shape index (κ1) is 19.1. The molecule has 0 rings (SSSR count). The van der Waals surface area contributed by atoms with Gasteiger partial charge in [-0.3, -0.25) is 9.11 Å². The molecular weight excluding hydrogens is 256 g/mol. The lowest BCUT2D eigenvalue weighted by molar-refractivity contribution is 0.0455. The second-order valence-electron chi connectivity index (χ2n) is 3.18. The number of hydrogen-bond donors (Lipinski definition) is 2. The fourth-order valence-electron chi connectivity index (χ4n) is 0.968. The molecule has 0 aromatic heterocycles. The second-order valence-corrected chi connectivity index (χ2v) is 4.08. The molecule has 2 unspecified atom stereocenters. The average Bonchev–Trinajstić information content (AvgIpc) is 2.25. The highest BCUT2D eigenvalue weighted by molar-refractivity contribution is 7.79. The Labute approximate surface area is 109 Å². The predicted octanol–water partition coefficient (Wildman–Crippen LogP) is 2.61. The van der Waals surface area contributed by atoms with Crippen LogP contribution in [0.4, 0.5) is 0 Å². The molecule has 2 atom stereocenters. The molecule has 18 heavy (non-hydrogen) atoms. The van der Waals surface area contributed by atoms with E-state index in [4.69, 9.17) is 22.3 Å². The largest absolute Gasteiger partial charge is 0.394 e. The molecule has 5 nitrogen and oxygen atoms in total. The summed E-state index contributed by atoms with van der Waals surface area (Å²) in [5, 5.41) is 0. The summed E-state index contributed by atoms with van der Waals surface area (Å²) in [5.74, 6) is 0. The molecule has 0 fully saturated rings. The van der Waals surface area contributed by atoms with Crippen molar-refractivity contribution in [3.05, 3.63) is 50.6 Å².